The Balaban J connectivity index is 2.27. The molecule has 0 aliphatic heterocycles. The molecule has 0 radical (unpaired) electrons. The Labute approximate surface area is 92.9 Å². The lowest BCUT2D eigenvalue weighted by atomic mass is 10.2. The number of para-hydroxylation sites is 1. The summed E-state index contributed by atoms with van der Waals surface area (Å²) in [6.45, 7) is 0. The van der Waals surface area contributed by atoms with Crippen molar-refractivity contribution in [2.75, 3.05) is 17.7 Å². The molecular formula is C11H12N4O. The number of nitrogen functional groups attached to an aromatic ring is 1. The Morgan fingerprint density at radius 3 is 2.62 bits per heavy atom. The number of hydrogen-bond donors (Lipinski definition) is 2. The van der Waals surface area contributed by atoms with E-state index in [9.17, 15) is 4.79 Å². The number of H-pyrrole nitrogens is 1. The maximum Gasteiger partial charge on any atom is 0.278 e. The Bertz CT molecular complexity index is 492. The summed E-state index contributed by atoms with van der Waals surface area (Å²) in [6.07, 6.45) is 1.42. The summed E-state index contributed by atoms with van der Waals surface area (Å²) in [7, 11) is 1.69. The predicted octanol–water partition coefficient (Wildman–Crippen LogP) is 1.27. The molecule has 0 bridgehead atoms. The molecule has 0 saturated carbocycles. The molecule has 0 unspecified atom stereocenters. The topological polar surface area (TPSA) is 75.0 Å². The molecule has 3 N–H and O–H groups in total. The average Bonchev–Trinajstić information content (AvgIpc) is 2.75. The zero-order valence-electron chi connectivity index (χ0n) is 8.84. The van der Waals surface area contributed by atoms with Gasteiger partial charge in [-0.15, -0.1) is 0 Å². The molecule has 1 heterocycles. The fourth-order valence-corrected chi connectivity index (χ4v) is 1.40. The lowest BCUT2D eigenvalue weighted by molar-refractivity contribution is 0.0989. The van der Waals surface area contributed by atoms with Gasteiger partial charge in [0.1, 0.15) is 5.69 Å². The molecular weight excluding hydrogens is 204 g/mol. The first-order valence-electron chi connectivity index (χ1n) is 4.82. The van der Waals surface area contributed by atoms with E-state index < -0.39 is 0 Å². The third-order valence-corrected chi connectivity index (χ3v) is 2.33. The first-order valence-corrected chi connectivity index (χ1v) is 4.82. The molecule has 0 saturated heterocycles. The van der Waals surface area contributed by atoms with Crippen molar-refractivity contribution in [3.05, 3.63) is 42.2 Å². The summed E-state index contributed by atoms with van der Waals surface area (Å²) in [5, 5.41) is 6.31. The van der Waals surface area contributed by atoms with Crippen LogP contribution >= 0.6 is 0 Å². The van der Waals surface area contributed by atoms with Gasteiger partial charge < -0.3 is 10.6 Å². The van der Waals surface area contributed by atoms with Gasteiger partial charge >= 0.3 is 0 Å². The van der Waals surface area contributed by atoms with Crippen LogP contribution in [0.2, 0.25) is 0 Å². The smallest absolute Gasteiger partial charge is 0.278 e. The maximum atomic E-state index is 12.0. The van der Waals surface area contributed by atoms with Crippen LogP contribution in [0.4, 0.5) is 11.4 Å². The van der Waals surface area contributed by atoms with Gasteiger partial charge in [0, 0.05) is 12.7 Å². The van der Waals surface area contributed by atoms with Crippen LogP contribution in [0.15, 0.2) is 36.5 Å². The Kier molecular flexibility index (Phi) is 2.59. The van der Waals surface area contributed by atoms with Crippen molar-refractivity contribution < 1.29 is 4.79 Å². The lowest BCUT2D eigenvalue weighted by Gasteiger charge is -2.16. The van der Waals surface area contributed by atoms with Gasteiger partial charge in [-0.3, -0.25) is 9.89 Å². The number of carbonyl (C=O) groups excluding carboxylic acids is 1. The Hall–Kier alpha value is -2.30. The molecule has 2 aromatic rings. The summed E-state index contributed by atoms with van der Waals surface area (Å²) in [5.41, 5.74) is 7.09. The molecule has 5 nitrogen and oxygen atoms in total. The summed E-state index contributed by atoms with van der Waals surface area (Å²) < 4.78 is 0. The first-order chi connectivity index (χ1) is 7.70. The third kappa shape index (κ3) is 1.75. The van der Waals surface area contributed by atoms with Crippen molar-refractivity contribution in [3.8, 4) is 0 Å². The highest BCUT2D eigenvalue weighted by molar-refractivity contribution is 6.07. The van der Waals surface area contributed by atoms with Crippen LogP contribution in [0.5, 0.6) is 0 Å². The standard InChI is InChI=1S/C11H12N4O/c1-15(8-5-3-2-4-6-8)11(16)10-9(12)7-13-14-10/h2-7H,12H2,1H3,(H,13,14). The number of nitrogens with zero attached hydrogens (tertiary/aromatic N) is 2. The van der Waals surface area contributed by atoms with E-state index in [0.717, 1.165) is 5.69 Å². The number of anilines is 2. The van der Waals surface area contributed by atoms with Crippen molar-refractivity contribution in [3.63, 3.8) is 0 Å². The van der Waals surface area contributed by atoms with Crippen molar-refractivity contribution in [2.45, 2.75) is 0 Å². The van der Waals surface area contributed by atoms with Crippen LogP contribution in [0.3, 0.4) is 0 Å². The average molecular weight is 216 g/mol. The highest BCUT2D eigenvalue weighted by Gasteiger charge is 2.17. The second-order valence-electron chi connectivity index (χ2n) is 3.40. The van der Waals surface area contributed by atoms with Gasteiger partial charge in [-0.05, 0) is 12.1 Å². The highest BCUT2D eigenvalue weighted by atomic mass is 16.2. The number of aromatic amines is 1. The predicted molar refractivity (Wildman–Crippen MR) is 62.2 cm³/mol. The van der Waals surface area contributed by atoms with Crippen LogP contribution in [-0.2, 0) is 0 Å². The number of rotatable bonds is 2. The van der Waals surface area contributed by atoms with Crippen molar-refractivity contribution in [1.82, 2.24) is 10.2 Å². The van der Waals surface area contributed by atoms with Gasteiger partial charge in [0.25, 0.3) is 5.91 Å². The van der Waals surface area contributed by atoms with E-state index in [0.29, 0.717) is 11.4 Å². The monoisotopic (exact) mass is 216 g/mol. The zero-order valence-corrected chi connectivity index (χ0v) is 8.84. The molecule has 1 amide bonds. The third-order valence-electron chi connectivity index (χ3n) is 2.33. The second kappa shape index (κ2) is 4.06. The fraction of sp³-hybridized carbons (Fsp3) is 0.0909. The van der Waals surface area contributed by atoms with E-state index in [2.05, 4.69) is 10.2 Å². The molecule has 1 aromatic carbocycles. The minimum Gasteiger partial charge on any atom is -0.396 e. The van der Waals surface area contributed by atoms with Gasteiger partial charge in [0.2, 0.25) is 0 Å². The number of amides is 1. The van der Waals surface area contributed by atoms with Gasteiger partial charge in [-0.2, -0.15) is 5.10 Å². The van der Waals surface area contributed by atoms with Crippen molar-refractivity contribution in [1.29, 1.82) is 0 Å². The van der Waals surface area contributed by atoms with E-state index in [-0.39, 0.29) is 5.91 Å². The van der Waals surface area contributed by atoms with Crippen LogP contribution in [0.1, 0.15) is 10.5 Å². The number of hydrogen-bond acceptors (Lipinski definition) is 3. The van der Waals surface area contributed by atoms with E-state index >= 15 is 0 Å². The van der Waals surface area contributed by atoms with Gasteiger partial charge in [-0.25, -0.2) is 0 Å². The van der Waals surface area contributed by atoms with Crippen LogP contribution in [0.25, 0.3) is 0 Å². The molecule has 0 aliphatic rings. The molecule has 82 valence electrons. The van der Waals surface area contributed by atoms with Crippen molar-refractivity contribution in [2.24, 2.45) is 0 Å². The van der Waals surface area contributed by atoms with Gasteiger partial charge in [0.15, 0.2) is 0 Å². The second-order valence-corrected chi connectivity index (χ2v) is 3.40. The van der Waals surface area contributed by atoms with Crippen molar-refractivity contribution >= 4 is 17.3 Å². The molecule has 5 heteroatoms. The largest absolute Gasteiger partial charge is 0.396 e. The first kappa shape index (κ1) is 10.2. The number of benzene rings is 1. The summed E-state index contributed by atoms with van der Waals surface area (Å²) in [4.78, 5) is 13.5. The normalized spacial score (nSPS) is 10.1. The number of carbonyl (C=O) groups is 1. The Morgan fingerprint density at radius 2 is 2.06 bits per heavy atom. The van der Waals surface area contributed by atoms with E-state index in [1.54, 1.807) is 7.05 Å². The fourth-order valence-electron chi connectivity index (χ4n) is 1.40. The maximum absolute atomic E-state index is 12.0. The zero-order chi connectivity index (χ0) is 11.5. The molecule has 0 fully saturated rings. The van der Waals surface area contributed by atoms with Crippen LogP contribution in [-0.4, -0.2) is 23.2 Å². The minimum atomic E-state index is -0.207. The summed E-state index contributed by atoms with van der Waals surface area (Å²) in [6, 6.07) is 9.34. The van der Waals surface area contributed by atoms with Crippen LogP contribution < -0.4 is 10.6 Å². The summed E-state index contributed by atoms with van der Waals surface area (Å²) >= 11 is 0. The summed E-state index contributed by atoms with van der Waals surface area (Å²) in [5.74, 6) is -0.207. The number of nitrogens with two attached hydrogens (primary N) is 1. The highest BCUT2D eigenvalue weighted by Crippen LogP contribution is 2.16. The molecule has 1 aromatic heterocycles. The van der Waals surface area contributed by atoms with Gasteiger partial charge in [0.05, 0.1) is 11.9 Å². The SMILES string of the molecule is CN(C(=O)c1[nH]ncc1N)c1ccccc1. The van der Waals surface area contributed by atoms with E-state index in [1.807, 2.05) is 30.3 Å². The van der Waals surface area contributed by atoms with Gasteiger partial charge in [-0.1, -0.05) is 18.2 Å². The van der Waals surface area contributed by atoms with E-state index in [1.165, 1.54) is 11.1 Å². The minimum absolute atomic E-state index is 0.207. The number of nitrogens with one attached hydrogen (secondary N) is 1. The van der Waals surface area contributed by atoms with Crippen LogP contribution in [0, 0.1) is 0 Å². The quantitative estimate of drug-likeness (QED) is 0.793. The molecule has 0 spiro atoms. The van der Waals surface area contributed by atoms with E-state index in [4.69, 9.17) is 5.73 Å². The molecule has 0 atom stereocenters. The Morgan fingerprint density at radius 1 is 1.38 bits per heavy atom. The molecule has 0 aliphatic carbocycles. The molecule has 16 heavy (non-hydrogen) atoms. The number of aromatic nitrogens is 2. The molecule has 2 rings (SSSR count). The lowest BCUT2D eigenvalue weighted by Crippen LogP contribution is -2.27.